The Kier molecular flexibility index (Phi) is 2.80. The van der Waals surface area contributed by atoms with Gasteiger partial charge in [0.25, 0.3) is 5.91 Å². The van der Waals surface area contributed by atoms with E-state index in [4.69, 9.17) is 11.6 Å². The molecule has 1 amide bonds. The highest BCUT2D eigenvalue weighted by Crippen LogP contribution is 2.26. The molecule has 0 atom stereocenters. The summed E-state index contributed by atoms with van der Waals surface area (Å²) in [6.45, 7) is 1.23. The summed E-state index contributed by atoms with van der Waals surface area (Å²) in [5.41, 5.74) is 2.89. The predicted octanol–water partition coefficient (Wildman–Crippen LogP) is 3.50. The Morgan fingerprint density at radius 2 is 1.78 bits per heavy atom. The molecule has 0 bridgehead atoms. The van der Waals surface area contributed by atoms with Gasteiger partial charge in [-0.25, -0.2) is 0 Å². The molecule has 0 saturated carbocycles. The van der Waals surface area contributed by atoms with Gasteiger partial charge in [-0.2, -0.15) is 0 Å². The van der Waals surface area contributed by atoms with Crippen molar-refractivity contribution in [3.8, 4) is 0 Å². The quantitative estimate of drug-likeness (QED) is 0.806. The number of nitrogens with zero attached hydrogens (tertiary/aromatic N) is 1. The maximum atomic E-state index is 12.2. The molecule has 0 fully saturated rings. The lowest BCUT2D eigenvalue weighted by molar-refractivity contribution is 0.0767. The molecule has 0 saturated heterocycles. The lowest BCUT2D eigenvalue weighted by atomic mass is 10.1. The van der Waals surface area contributed by atoms with Crippen LogP contribution in [0.2, 0.25) is 5.02 Å². The van der Waals surface area contributed by atoms with E-state index in [1.54, 1.807) is 0 Å². The molecular formula is C15H12ClNO. The number of amides is 1. The van der Waals surface area contributed by atoms with Crippen LogP contribution in [0.15, 0.2) is 48.5 Å². The summed E-state index contributed by atoms with van der Waals surface area (Å²) < 4.78 is 0. The van der Waals surface area contributed by atoms with Gasteiger partial charge in [-0.3, -0.25) is 4.79 Å². The molecule has 2 aromatic rings. The third-order valence-corrected chi connectivity index (χ3v) is 3.58. The molecule has 18 heavy (non-hydrogen) atoms. The summed E-state index contributed by atoms with van der Waals surface area (Å²) in [5, 5.41) is 0.709. The van der Waals surface area contributed by atoms with E-state index in [9.17, 15) is 4.79 Å². The van der Waals surface area contributed by atoms with Crippen molar-refractivity contribution in [3.63, 3.8) is 0 Å². The molecule has 3 heteroatoms. The Bertz CT molecular complexity index is 609. The Hall–Kier alpha value is -1.80. The van der Waals surface area contributed by atoms with E-state index in [0.29, 0.717) is 18.1 Å². The number of halogens is 1. The number of hydrogen-bond acceptors (Lipinski definition) is 1. The summed E-state index contributed by atoms with van der Waals surface area (Å²) in [6.07, 6.45) is 0. The number of fused-ring (bicyclic) bond motifs is 1. The molecule has 0 aromatic heterocycles. The van der Waals surface area contributed by atoms with Crippen molar-refractivity contribution in [3.05, 3.63) is 70.2 Å². The van der Waals surface area contributed by atoms with Crippen LogP contribution in [0.4, 0.5) is 0 Å². The minimum atomic E-state index is 0.0884. The van der Waals surface area contributed by atoms with Gasteiger partial charge in [0.15, 0.2) is 0 Å². The largest absolute Gasteiger partial charge is 0.330 e. The smallest absolute Gasteiger partial charge is 0.254 e. The van der Waals surface area contributed by atoms with Gasteiger partial charge in [0.05, 0.1) is 0 Å². The second-order valence-corrected chi connectivity index (χ2v) is 4.82. The van der Waals surface area contributed by atoms with Gasteiger partial charge in [-0.15, -0.1) is 0 Å². The van der Waals surface area contributed by atoms with Crippen molar-refractivity contribution >= 4 is 17.5 Å². The maximum absolute atomic E-state index is 12.2. The molecule has 0 radical (unpaired) electrons. The van der Waals surface area contributed by atoms with Crippen LogP contribution in [-0.2, 0) is 13.1 Å². The molecule has 90 valence electrons. The summed E-state index contributed by atoms with van der Waals surface area (Å²) in [4.78, 5) is 14.0. The second kappa shape index (κ2) is 4.46. The molecule has 0 spiro atoms. The van der Waals surface area contributed by atoms with E-state index in [-0.39, 0.29) is 5.91 Å². The molecule has 1 aliphatic rings. The molecule has 0 aliphatic carbocycles. The topological polar surface area (TPSA) is 20.3 Å². The van der Waals surface area contributed by atoms with Crippen LogP contribution in [0.5, 0.6) is 0 Å². The standard InChI is InChI=1S/C15H12ClNO/c16-14-8-4-2-6-12(14)10-17-9-11-5-1-3-7-13(11)15(17)18/h1-8H,9-10H2. The second-order valence-electron chi connectivity index (χ2n) is 4.41. The van der Waals surface area contributed by atoms with Crippen LogP contribution in [0.25, 0.3) is 0 Å². The average molecular weight is 258 g/mol. The van der Waals surface area contributed by atoms with Gasteiger partial charge in [0.1, 0.15) is 0 Å². The number of rotatable bonds is 2. The lowest BCUT2D eigenvalue weighted by Gasteiger charge is -2.16. The average Bonchev–Trinajstić information content (AvgIpc) is 2.70. The fraction of sp³-hybridized carbons (Fsp3) is 0.133. The van der Waals surface area contributed by atoms with Crippen molar-refractivity contribution in [1.82, 2.24) is 4.90 Å². The van der Waals surface area contributed by atoms with Gasteiger partial charge in [-0.05, 0) is 23.3 Å². The monoisotopic (exact) mass is 257 g/mol. The van der Waals surface area contributed by atoms with E-state index in [0.717, 1.165) is 16.7 Å². The van der Waals surface area contributed by atoms with Gasteiger partial charge in [0.2, 0.25) is 0 Å². The van der Waals surface area contributed by atoms with E-state index in [1.165, 1.54) is 0 Å². The van der Waals surface area contributed by atoms with Crippen molar-refractivity contribution in [1.29, 1.82) is 0 Å². The van der Waals surface area contributed by atoms with Gasteiger partial charge in [-0.1, -0.05) is 48.0 Å². The highest BCUT2D eigenvalue weighted by Gasteiger charge is 2.26. The third kappa shape index (κ3) is 1.89. The molecule has 0 N–H and O–H groups in total. The minimum absolute atomic E-state index is 0.0884. The van der Waals surface area contributed by atoms with Gasteiger partial charge < -0.3 is 4.90 Å². The Labute approximate surface area is 111 Å². The fourth-order valence-electron chi connectivity index (χ4n) is 2.27. The molecule has 0 unspecified atom stereocenters. The van der Waals surface area contributed by atoms with Crippen LogP contribution in [-0.4, -0.2) is 10.8 Å². The fourth-order valence-corrected chi connectivity index (χ4v) is 2.47. The number of carbonyl (C=O) groups is 1. The minimum Gasteiger partial charge on any atom is -0.330 e. The van der Waals surface area contributed by atoms with Crippen LogP contribution in [0.3, 0.4) is 0 Å². The molecule has 2 aromatic carbocycles. The summed E-state index contributed by atoms with van der Waals surface area (Å²) >= 11 is 6.12. The van der Waals surface area contributed by atoms with Crippen molar-refractivity contribution < 1.29 is 4.79 Å². The van der Waals surface area contributed by atoms with Gasteiger partial charge >= 0.3 is 0 Å². The summed E-state index contributed by atoms with van der Waals surface area (Å²) in [6, 6.07) is 15.4. The molecule has 1 heterocycles. The Morgan fingerprint density at radius 3 is 2.56 bits per heavy atom. The van der Waals surface area contributed by atoms with E-state index < -0.39 is 0 Å². The highest BCUT2D eigenvalue weighted by molar-refractivity contribution is 6.31. The van der Waals surface area contributed by atoms with Gasteiger partial charge in [0, 0.05) is 23.7 Å². The zero-order chi connectivity index (χ0) is 12.5. The number of benzene rings is 2. The third-order valence-electron chi connectivity index (χ3n) is 3.22. The molecule has 2 nitrogen and oxygen atoms in total. The Morgan fingerprint density at radius 1 is 1.06 bits per heavy atom. The zero-order valence-corrected chi connectivity index (χ0v) is 10.5. The molecule has 1 aliphatic heterocycles. The van der Waals surface area contributed by atoms with E-state index in [2.05, 4.69) is 0 Å². The normalized spacial score (nSPS) is 13.8. The van der Waals surface area contributed by atoms with Crippen LogP contribution in [0.1, 0.15) is 21.5 Å². The summed E-state index contributed by atoms with van der Waals surface area (Å²) in [5.74, 6) is 0.0884. The first-order chi connectivity index (χ1) is 8.75. The van der Waals surface area contributed by atoms with E-state index >= 15 is 0 Å². The SMILES string of the molecule is O=C1c2ccccc2CN1Cc1ccccc1Cl. The van der Waals surface area contributed by atoms with Crippen molar-refractivity contribution in [2.45, 2.75) is 13.1 Å². The lowest BCUT2D eigenvalue weighted by Crippen LogP contribution is -2.23. The zero-order valence-electron chi connectivity index (χ0n) is 9.77. The first-order valence-corrected chi connectivity index (χ1v) is 6.24. The number of carbonyl (C=O) groups excluding carboxylic acids is 1. The Balaban J connectivity index is 1.86. The van der Waals surface area contributed by atoms with Crippen LogP contribution in [0, 0.1) is 0 Å². The first kappa shape index (κ1) is 11.3. The summed E-state index contributed by atoms with van der Waals surface area (Å²) in [7, 11) is 0. The first-order valence-electron chi connectivity index (χ1n) is 5.86. The van der Waals surface area contributed by atoms with Crippen LogP contribution < -0.4 is 0 Å². The van der Waals surface area contributed by atoms with Crippen LogP contribution >= 0.6 is 11.6 Å². The molecular weight excluding hydrogens is 246 g/mol. The molecule has 3 rings (SSSR count). The van der Waals surface area contributed by atoms with Crippen molar-refractivity contribution in [2.24, 2.45) is 0 Å². The van der Waals surface area contributed by atoms with Crippen molar-refractivity contribution in [2.75, 3.05) is 0 Å². The predicted molar refractivity (Wildman–Crippen MR) is 71.5 cm³/mol. The number of hydrogen-bond donors (Lipinski definition) is 0. The maximum Gasteiger partial charge on any atom is 0.254 e. The highest BCUT2D eigenvalue weighted by atomic mass is 35.5. The van der Waals surface area contributed by atoms with E-state index in [1.807, 2.05) is 53.4 Å².